The number of benzene rings is 2. The minimum Gasteiger partial charge on any atom is -0.494 e. The van der Waals surface area contributed by atoms with Gasteiger partial charge in [-0.05, 0) is 66.7 Å². The lowest BCUT2D eigenvalue weighted by molar-refractivity contribution is -0.127. The number of amides is 3. The number of thioether (sulfide) groups is 1. The number of nitrogens with one attached hydrogen (secondary N) is 1. The molecule has 3 rings (SSSR count). The molecule has 28 heavy (non-hydrogen) atoms. The third-order valence-corrected chi connectivity index (χ3v) is 4.95. The van der Waals surface area contributed by atoms with Crippen molar-refractivity contribution < 1.29 is 19.1 Å². The van der Waals surface area contributed by atoms with Crippen molar-refractivity contribution in [3.05, 3.63) is 64.0 Å². The second-order valence-electron chi connectivity index (χ2n) is 5.82. The van der Waals surface area contributed by atoms with Crippen LogP contribution in [0.2, 0.25) is 5.02 Å². The van der Waals surface area contributed by atoms with Crippen LogP contribution in [0.15, 0.2) is 53.4 Å². The van der Waals surface area contributed by atoms with E-state index in [9.17, 15) is 14.4 Å². The molecule has 0 aliphatic carbocycles. The molecule has 1 saturated heterocycles. The summed E-state index contributed by atoms with van der Waals surface area (Å²) in [5, 5.41) is 2.77. The lowest BCUT2D eigenvalue weighted by atomic mass is 10.2. The van der Waals surface area contributed by atoms with E-state index in [1.54, 1.807) is 54.6 Å². The first-order chi connectivity index (χ1) is 13.5. The SMILES string of the molecule is CCOc1ccc(NC(=O)CN2C(=O)SC(=Cc3ccc(Cl)cc3)C2=O)cc1. The number of halogens is 1. The standard InChI is InChI=1S/C20H17ClN2O4S/c1-2-27-16-9-7-15(8-10-16)22-18(24)12-23-19(25)17(28-20(23)26)11-13-3-5-14(21)6-4-13/h3-11H,2,12H2,1H3,(H,22,24). The van der Waals surface area contributed by atoms with E-state index < -0.39 is 17.1 Å². The van der Waals surface area contributed by atoms with Crippen LogP contribution in [-0.4, -0.2) is 35.1 Å². The van der Waals surface area contributed by atoms with Crippen LogP contribution in [-0.2, 0) is 9.59 Å². The second-order valence-corrected chi connectivity index (χ2v) is 7.25. The minimum absolute atomic E-state index is 0.265. The van der Waals surface area contributed by atoms with Crippen LogP contribution >= 0.6 is 23.4 Å². The van der Waals surface area contributed by atoms with E-state index in [0.29, 0.717) is 23.1 Å². The summed E-state index contributed by atoms with van der Waals surface area (Å²) in [5.41, 5.74) is 1.30. The van der Waals surface area contributed by atoms with Crippen molar-refractivity contribution in [1.82, 2.24) is 4.90 Å². The van der Waals surface area contributed by atoms with Crippen LogP contribution in [0, 0.1) is 0 Å². The number of ether oxygens (including phenoxy) is 1. The fourth-order valence-electron chi connectivity index (χ4n) is 2.49. The lowest BCUT2D eigenvalue weighted by Gasteiger charge is -2.12. The first-order valence-corrected chi connectivity index (χ1v) is 9.69. The maximum absolute atomic E-state index is 12.5. The van der Waals surface area contributed by atoms with Crippen molar-refractivity contribution in [2.24, 2.45) is 0 Å². The van der Waals surface area contributed by atoms with Crippen molar-refractivity contribution in [3.63, 3.8) is 0 Å². The molecular weight excluding hydrogens is 400 g/mol. The van der Waals surface area contributed by atoms with Gasteiger partial charge in [0, 0.05) is 10.7 Å². The first kappa shape index (κ1) is 20.0. The largest absolute Gasteiger partial charge is 0.494 e. The number of carbonyl (C=O) groups excluding carboxylic acids is 3. The Morgan fingerprint density at radius 3 is 2.46 bits per heavy atom. The molecule has 1 fully saturated rings. The molecule has 2 aromatic rings. The van der Waals surface area contributed by atoms with Crippen LogP contribution in [0.5, 0.6) is 5.75 Å². The summed E-state index contributed by atoms with van der Waals surface area (Å²) in [6, 6.07) is 13.7. The molecule has 0 radical (unpaired) electrons. The van der Waals surface area contributed by atoms with Gasteiger partial charge < -0.3 is 10.1 Å². The molecule has 144 valence electrons. The Hall–Kier alpha value is -2.77. The normalized spacial score (nSPS) is 15.2. The van der Waals surface area contributed by atoms with Gasteiger partial charge in [-0.3, -0.25) is 19.3 Å². The Kier molecular flexibility index (Phi) is 6.38. The molecule has 1 aliphatic heterocycles. The van der Waals surface area contributed by atoms with Gasteiger partial charge in [-0.15, -0.1) is 0 Å². The third kappa shape index (κ3) is 4.94. The average molecular weight is 417 g/mol. The van der Waals surface area contributed by atoms with E-state index in [4.69, 9.17) is 16.3 Å². The van der Waals surface area contributed by atoms with Gasteiger partial charge in [0.2, 0.25) is 5.91 Å². The van der Waals surface area contributed by atoms with E-state index >= 15 is 0 Å². The maximum atomic E-state index is 12.5. The summed E-state index contributed by atoms with van der Waals surface area (Å²) < 4.78 is 5.34. The summed E-state index contributed by atoms with van der Waals surface area (Å²) >= 11 is 6.65. The molecule has 0 aromatic heterocycles. The number of rotatable bonds is 6. The van der Waals surface area contributed by atoms with Crippen molar-refractivity contribution in [2.45, 2.75) is 6.92 Å². The summed E-state index contributed by atoms with van der Waals surface area (Å²) in [7, 11) is 0. The quantitative estimate of drug-likeness (QED) is 0.706. The highest BCUT2D eigenvalue weighted by Crippen LogP contribution is 2.32. The van der Waals surface area contributed by atoms with E-state index in [-0.39, 0.29) is 11.4 Å². The highest BCUT2D eigenvalue weighted by atomic mass is 35.5. The van der Waals surface area contributed by atoms with Gasteiger partial charge in [-0.25, -0.2) is 0 Å². The highest BCUT2D eigenvalue weighted by molar-refractivity contribution is 8.18. The zero-order chi connectivity index (χ0) is 20.1. The van der Waals surface area contributed by atoms with Crippen LogP contribution in [0.1, 0.15) is 12.5 Å². The van der Waals surface area contributed by atoms with E-state index in [0.717, 1.165) is 22.2 Å². The van der Waals surface area contributed by atoms with Crippen molar-refractivity contribution in [3.8, 4) is 5.75 Å². The molecule has 0 unspecified atom stereocenters. The molecule has 6 nitrogen and oxygen atoms in total. The topological polar surface area (TPSA) is 75.7 Å². The first-order valence-electron chi connectivity index (χ1n) is 8.50. The monoisotopic (exact) mass is 416 g/mol. The number of carbonyl (C=O) groups is 3. The van der Waals surface area contributed by atoms with Gasteiger partial charge in [0.15, 0.2) is 0 Å². The van der Waals surface area contributed by atoms with Gasteiger partial charge in [-0.2, -0.15) is 0 Å². The van der Waals surface area contributed by atoms with E-state index in [1.165, 1.54) is 0 Å². The fourth-order valence-corrected chi connectivity index (χ4v) is 3.46. The van der Waals surface area contributed by atoms with Crippen LogP contribution in [0.4, 0.5) is 10.5 Å². The molecule has 0 atom stereocenters. The number of imide groups is 1. The Morgan fingerprint density at radius 2 is 1.82 bits per heavy atom. The summed E-state index contributed by atoms with van der Waals surface area (Å²) in [6.07, 6.45) is 1.60. The highest BCUT2D eigenvalue weighted by Gasteiger charge is 2.36. The van der Waals surface area contributed by atoms with Crippen molar-refractivity contribution >= 4 is 52.2 Å². The number of anilines is 1. The zero-order valence-corrected chi connectivity index (χ0v) is 16.5. The number of hydrogen-bond donors (Lipinski definition) is 1. The molecular formula is C20H17ClN2O4S. The van der Waals surface area contributed by atoms with E-state index in [2.05, 4.69) is 5.32 Å². The molecule has 0 spiro atoms. The molecule has 1 aliphatic rings. The lowest BCUT2D eigenvalue weighted by Crippen LogP contribution is -2.36. The Balaban J connectivity index is 1.63. The fraction of sp³-hybridized carbons (Fsp3) is 0.150. The van der Waals surface area contributed by atoms with Crippen LogP contribution in [0.3, 0.4) is 0 Å². The smallest absolute Gasteiger partial charge is 0.294 e. The third-order valence-electron chi connectivity index (χ3n) is 3.79. The van der Waals surface area contributed by atoms with E-state index in [1.807, 2.05) is 6.92 Å². The summed E-state index contributed by atoms with van der Waals surface area (Å²) in [4.78, 5) is 38.1. The Labute approximate surface area is 171 Å². The number of hydrogen-bond acceptors (Lipinski definition) is 5. The minimum atomic E-state index is -0.494. The second kappa shape index (κ2) is 8.95. The number of nitrogens with zero attached hydrogens (tertiary/aromatic N) is 1. The summed E-state index contributed by atoms with van der Waals surface area (Å²) in [6.45, 7) is 2.08. The Morgan fingerprint density at radius 1 is 1.14 bits per heavy atom. The Bertz CT molecular complexity index is 926. The van der Waals surface area contributed by atoms with Crippen molar-refractivity contribution in [2.75, 3.05) is 18.5 Å². The maximum Gasteiger partial charge on any atom is 0.294 e. The molecule has 0 bridgehead atoms. The molecule has 1 N–H and O–H groups in total. The predicted octanol–water partition coefficient (Wildman–Crippen LogP) is 4.41. The van der Waals surface area contributed by atoms with Gasteiger partial charge in [0.05, 0.1) is 11.5 Å². The molecule has 8 heteroatoms. The van der Waals surface area contributed by atoms with Gasteiger partial charge >= 0.3 is 0 Å². The van der Waals surface area contributed by atoms with Gasteiger partial charge in [0.1, 0.15) is 12.3 Å². The molecule has 2 aromatic carbocycles. The van der Waals surface area contributed by atoms with Gasteiger partial charge in [0.25, 0.3) is 11.1 Å². The average Bonchev–Trinajstić information content (AvgIpc) is 2.93. The molecule has 3 amide bonds. The van der Waals surface area contributed by atoms with Crippen molar-refractivity contribution in [1.29, 1.82) is 0 Å². The van der Waals surface area contributed by atoms with Crippen LogP contribution in [0.25, 0.3) is 6.08 Å². The molecule has 0 saturated carbocycles. The van der Waals surface area contributed by atoms with Gasteiger partial charge in [-0.1, -0.05) is 23.7 Å². The zero-order valence-electron chi connectivity index (χ0n) is 15.0. The predicted molar refractivity (Wildman–Crippen MR) is 110 cm³/mol. The van der Waals surface area contributed by atoms with Crippen LogP contribution < -0.4 is 10.1 Å². The summed E-state index contributed by atoms with van der Waals surface area (Å²) in [5.74, 6) is -0.259. The molecule has 1 heterocycles.